The quantitative estimate of drug-likeness (QED) is 0.388. The van der Waals surface area contributed by atoms with E-state index >= 15 is 0 Å². The molecule has 0 aromatic heterocycles. The van der Waals surface area contributed by atoms with Gasteiger partial charge in [-0.15, -0.1) is 0 Å². The van der Waals surface area contributed by atoms with E-state index in [-0.39, 0.29) is 49.4 Å². The van der Waals surface area contributed by atoms with Crippen LogP contribution in [0.4, 0.5) is 0 Å². The maximum atomic E-state index is 10.7. The average molecular weight is 355 g/mol. The second kappa shape index (κ2) is 9.51. The second-order valence-electron chi connectivity index (χ2n) is 2.45. The predicted molar refractivity (Wildman–Crippen MR) is 45.5 cm³/mol. The Hall–Kier alpha value is -0.0466. The Kier molecular flexibility index (Phi) is 11.1. The Morgan fingerprint density at radius 1 is 1.57 bits per heavy atom. The fourth-order valence-electron chi connectivity index (χ4n) is 0.803. The Morgan fingerprint density at radius 3 is 2.86 bits per heavy atom. The summed E-state index contributed by atoms with van der Waals surface area (Å²) in [5.41, 5.74) is 2.81. The van der Waals surface area contributed by atoms with Crippen molar-refractivity contribution in [3.8, 4) is 0 Å². The van der Waals surface area contributed by atoms with Gasteiger partial charge in [0.05, 0.1) is 0 Å². The van der Waals surface area contributed by atoms with Crippen molar-refractivity contribution in [1.82, 2.24) is 0 Å². The van der Waals surface area contributed by atoms with Crippen LogP contribution in [0.2, 0.25) is 0 Å². The van der Waals surface area contributed by atoms with E-state index < -0.39 is 0 Å². The summed E-state index contributed by atoms with van der Waals surface area (Å²) in [6, 6.07) is 0. The summed E-state index contributed by atoms with van der Waals surface area (Å²) in [6.45, 7) is 2.09. The van der Waals surface area contributed by atoms with Crippen molar-refractivity contribution in [2.45, 2.75) is 19.8 Å². The largest absolute Gasteiger partial charge is 1.00 e. The number of halogens is 1. The Bertz CT molecular complexity index is 276. The summed E-state index contributed by atoms with van der Waals surface area (Å²) < 4.78 is 4.83. The van der Waals surface area contributed by atoms with Gasteiger partial charge in [0.1, 0.15) is 0 Å². The zero-order chi connectivity index (χ0) is 8.81. The molecule has 4 heteroatoms. The molecule has 0 atom stereocenters. The van der Waals surface area contributed by atoms with Gasteiger partial charge in [0.2, 0.25) is 0 Å². The van der Waals surface area contributed by atoms with Crippen LogP contribution in [0.3, 0.4) is 0 Å². The van der Waals surface area contributed by atoms with Crippen molar-refractivity contribution >= 4 is 0 Å². The number of allylic oxidation sites excluding steroid dienone is 3. The Labute approximate surface area is 114 Å². The van der Waals surface area contributed by atoms with E-state index in [4.69, 9.17) is 4.74 Å². The van der Waals surface area contributed by atoms with Crippen molar-refractivity contribution in [3.05, 3.63) is 41.7 Å². The van der Waals surface area contributed by atoms with Gasteiger partial charge >= 0.3 is 5.95 Å². The van der Waals surface area contributed by atoms with E-state index in [2.05, 4.69) is 12.7 Å². The fourth-order valence-corrected chi connectivity index (χ4v) is 0.803. The average Bonchev–Trinajstić information content (AvgIpc) is 2.05. The van der Waals surface area contributed by atoms with E-state index in [0.717, 1.165) is 12.8 Å². The molecule has 1 aliphatic rings. The molecule has 0 amide bonds. The molecule has 0 aromatic rings. The molecule has 0 N–H and O–H groups in total. The normalized spacial score (nSPS) is 13.5. The molecule has 1 aliphatic heterocycles. The van der Waals surface area contributed by atoms with Crippen molar-refractivity contribution < 1.29 is 53.3 Å². The molecule has 0 spiro atoms. The van der Waals surface area contributed by atoms with Gasteiger partial charge in [-0.25, -0.2) is 5.11 Å². The maximum Gasteiger partial charge on any atom is 0.337 e. The van der Waals surface area contributed by atoms with Gasteiger partial charge in [0, 0.05) is 25.6 Å². The zero-order valence-electron chi connectivity index (χ0n) is 8.13. The SMILES string of the molecule is CCC/C=C/C1=C=CC=C([O])O1.[I-].[Zn]. The van der Waals surface area contributed by atoms with E-state index in [1.54, 1.807) is 12.2 Å². The predicted octanol–water partition coefficient (Wildman–Crippen LogP) is -0.315. The monoisotopic (exact) mass is 354 g/mol. The van der Waals surface area contributed by atoms with E-state index in [9.17, 15) is 5.11 Å². The summed E-state index contributed by atoms with van der Waals surface area (Å²) in [5.74, 6) is 0.167. The molecule has 14 heavy (non-hydrogen) atoms. The molecule has 0 bridgehead atoms. The summed E-state index contributed by atoms with van der Waals surface area (Å²) in [4.78, 5) is 0. The minimum atomic E-state index is -0.329. The molecule has 1 heterocycles. The van der Waals surface area contributed by atoms with Crippen LogP contribution in [0.5, 0.6) is 0 Å². The molecule has 73 valence electrons. The van der Waals surface area contributed by atoms with E-state index in [1.165, 1.54) is 6.08 Å². The summed E-state index contributed by atoms with van der Waals surface area (Å²) in [5, 5.41) is 10.7. The summed E-state index contributed by atoms with van der Waals surface area (Å²) in [7, 11) is 0. The van der Waals surface area contributed by atoms with Gasteiger partial charge in [0.25, 0.3) is 0 Å². The molecule has 0 fully saturated rings. The van der Waals surface area contributed by atoms with Crippen molar-refractivity contribution in [3.63, 3.8) is 0 Å². The number of hydrogen-bond acceptors (Lipinski definition) is 1. The zero-order valence-corrected chi connectivity index (χ0v) is 13.2. The number of hydrogen-bond donors (Lipinski definition) is 0. The van der Waals surface area contributed by atoms with Gasteiger partial charge in [-0.2, -0.15) is 0 Å². The van der Waals surface area contributed by atoms with Gasteiger partial charge in [-0.05, 0) is 18.6 Å². The molecule has 0 aromatic carbocycles. The molecule has 1 radical (unpaired) electrons. The minimum absolute atomic E-state index is 0. The van der Waals surface area contributed by atoms with Crippen molar-refractivity contribution in [2.75, 3.05) is 0 Å². The third-order valence-corrected chi connectivity index (χ3v) is 1.38. The molecule has 0 unspecified atom stereocenters. The first-order valence-corrected chi connectivity index (χ1v) is 4.01. The van der Waals surface area contributed by atoms with E-state index in [0.29, 0.717) is 5.76 Å². The van der Waals surface area contributed by atoms with Gasteiger partial charge in [-0.1, -0.05) is 25.2 Å². The number of rotatable bonds is 3. The first-order valence-electron chi connectivity index (χ1n) is 4.01. The Morgan fingerprint density at radius 2 is 2.29 bits per heavy atom. The number of ether oxygens (including phenoxy) is 1. The van der Waals surface area contributed by atoms with Crippen LogP contribution in [0, 0.1) is 0 Å². The smallest absolute Gasteiger partial charge is 0.337 e. The van der Waals surface area contributed by atoms with Crippen LogP contribution in [0.15, 0.2) is 41.7 Å². The molecular weight excluding hydrogens is 344 g/mol. The van der Waals surface area contributed by atoms with Gasteiger partial charge < -0.3 is 28.7 Å². The first-order chi connectivity index (χ1) is 5.83. The van der Waals surface area contributed by atoms with Crippen LogP contribution < -0.4 is 24.0 Å². The van der Waals surface area contributed by atoms with Gasteiger partial charge in [-0.3, -0.25) is 0 Å². The topological polar surface area (TPSA) is 29.1 Å². The first kappa shape index (κ1) is 16.4. The van der Waals surface area contributed by atoms with Gasteiger partial charge in [0.15, 0.2) is 5.76 Å². The third kappa shape index (κ3) is 6.41. The Balaban J connectivity index is 0. The van der Waals surface area contributed by atoms with Crippen LogP contribution in [0.25, 0.3) is 0 Å². The summed E-state index contributed by atoms with van der Waals surface area (Å²) in [6.07, 6.45) is 8.73. The molecule has 0 aliphatic carbocycles. The minimum Gasteiger partial charge on any atom is -1.00 e. The van der Waals surface area contributed by atoms with Crippen LogP contribution in [-0.2, 0) is 29.3 Å². The number of unbranched alkanes of at least 4 members (excludes halogenated alkanes) is 1. The van der Waals surface area contributed by atoms with Crippen LogP contribution in [0.1, 0.15) is 19.8 Å². The molecule has 0 saturated carbocycles. The van der Waals surface area contributed by atoms with Crippen molar-refractivity contribution in [1.29, 1.82) is 0 Å². The fraction of sp³-hybridized carbons (Fsp3) is 0.300. The van der Waals surface area contributed by atoms with E-state index in [1.807, 2.05) is 6.08 Å². The molecule has 1 rings (SSSR count). The summed E-state index contributed by atoms with van der Waals surface area (Å²) >= 11 is 0. The molecule has 2 nitrogen and oxygen atoms in total. The van der Waals surface area contributed by atoms with Crippen molar-refractivity contribution in [2.24, 2.45) is 0 Å². The standard InChI is InChI=1S/C10H11O2.HI.Zn/c1-2-3-4-6-9-7-5-8-10(11)12-9;;/h4-6,8H,2-3H2,1H3;1H;/p-1/b6-4+;;. The third-order valence-electron chi connectivity index (χ3n) is 1.38. The molecular formula is C10H11IO2Zn-. The van der Waals surface area contributed by atoms with Crippen LogP contribution >= 0.6 is 0 Å². The second-order valence-corrected chi connectivity index (χ2v) is 2.45. The van der Waals surface area contributed by atoms with Crippen LogP contribution in [-0.4, -0.2) is 0 Å². The molecule has 0 saturated heterocycles. The maximum absolute atomic E-state index is 10.7.